The third-order valence-corrected chi connectivity index (χ3v) is 0.618. The number of hydrogen-bond acceptors (Lipinski definition) is 2. The van der Waals surface area contributed by atoms with Gasteiger partial charge < -0.3 is 12.9 Å². The first-order chi connectivity index (χ1) is 3.63. The molecule has 0 unspecified atom stereocenters. The maximum Gasteiger partial charge on any atom is 1.00 e. The van der Waals surface area contributed by atoms with Crippen molar-refractivity contribution >= 4 is 11.8 Å². The van der Waals surface area contributed by atoms with E-state index in [0.29, 0.717) is 0 Å². The predicted molar refractivity (Wildman–Crippen MR) is 28.7 cm³/mol. The molecule has 48 valence electrons. The molecule has 5 heteroatoms. The standard InChI is InChI=1S/C4H8N2O2.Li.H/c5-3(7)1-2-4(6)8;;/h1-2H2,(H2,5,7)(H2,6,8);;/q;+1;-1. The van der Waals surface area contributed by atoms with Crippen LogP contribution < -0.4 is 30.3 Å². The van der Waals surface area contributed by atoms with E-state index in [-0.39, 0.29) is 33.1 Å². The number of hydrogen-bond donors (Lipinski definition) is 2. The topological polar surface area (TPSA) is 86.2 Å². The van der Waals surface area contributed by atoms with Crippen LogP contribution in [0.1, 0.15) is 14.3 Å². The van der Waals surface area contributed by atoms with E-state index in [0.717, 1.165) is 0 Å². The summed E-state index contributed by atoms with van der Waals surface area (Å²) in [6.07, 6.45) is 0.102. The van der Waals surface area contributed by atoms with E-state index in [1.807, 2.05) is 0 Å². The summed E-state index contributed by atoms with van der Waals surface area (Å²) >= 11 is 0. The van der Waals surface area contributed by atoms with Gasteiger partial charge in [-0.15, -0.1) is 0 Å². The second-order valence-corrected chi connectivity index (χ2v) is 1.43. The molecular formula is C4H9LiN2O2. The van der Waals surface area contributed by atoms with Crippen molar-refractivity contribution in [1.29, 1.82) is 0 Å². The molecule has 4 N–H and O–H groups in total. The molecule has 0 saturated carbocycles. The van der Waals surface area contributed by atoms with Gasteiger partial charge in [0.05, 0.1) is 0 Å². The Morgan fingerprint density at radius 2 is 1.33 bits per heavy atom. The van der Waals surface area contributed by atoms with Crippen molar-refractivity contribution in [1.82, 2.24) is 0 Å². The molecule has 0 fully saturated rings. The van der Waals surface area contributed by atoms with Crippen LogP contribution in [0, 0.1) is 0 Å². The maximum atomic E-state index is 9.92. The van der Waals surface area contributed by atoms with Crippen LogP contribution >= 0.6 is 0 Å². The molecule has 0 aromatic rings. The van der Waals surface area contributed by atoms with Crippen LogP contribution in [-0.2, 0) is 9.59 Å². The second kappa shape index (κ2) is 5.67. The number of nitrogens with two attached hydrogens (primary N) is 2. The molecule has 0 saturated heterocycles. The Morgan fingerprint density at radius 3 is 1.44 bits per heavy atom. The van der Waals surface area contributed by atoms with Gasteiger partial charge in [-0.2, -0.15) is 0 Å². The van der Waals surface area contributed by atoms with E-state index in [4.69, 9.17) is 11.5 Å². The summed E-state index contributed by atoms with van der Waals surface area (Å²) in [6.45, 7) is 0. The van der Waals surface area contributed by atoms with Crippen molar-refractivity contribution in [3.05, 3.63) is 0 Å². The van der Waals surface area contributed by atoms with Crippen molar-refractivity contribution in [3.63, 3.8) is 0 Å². The monoisotopic (exact) mass is 124 g/mol. The van der Waals surface area contributed by atoms with Crippen molar-refractivity contribution in [2.75, 3.05) is 0 Å². The average molecular weight is 124 g/mol. The zero-order valence-corrected chi connectivity index (χ0v) is 5.39. The van der Waals surface area contributed by atoms with Gasteiger partial charge >= 0.3 is 18.9 Å². The molecule has 0 aromatic heterocycles. The number of rotatable bonds is 3. The summed E-state index contributed by atoms with van der Waals surface area (Å²) in [5, 5.41) is 0. The smallest absolute Gasteiger partial charge is 1.00 e. The van der Waals surface area contributed by atoms with Crippen LogP contribution in [0.4, 0.5) is 0 Å². The minimum absolute atomic E-state index is 0. The van der Waals surface area contributed by atoms with E-state index in [2.05, 4.69) is 0 Å². The van der Waals surface area contributed by atoms with E-state index in [1.165, 1.54) is 0 Å². The van der Waals surface area contributed by atoms with Gasteiger partial charge in [0.15, 0.2) is 0 Å². The molecule has 4 nitrogen and oxygen atoms in total. The van der Waals surface area contributed by atoms with E-state index >= 15 is 0 Å². The molecule has 0 bridgehead atoms. The minimum Gasteiger partial charge on any atom is -1.00 e. The zero-order chi connectivity index (χ0) is 6.57. The number of amides is 2. The van der Waals surface area contributed by atoms with Gasteiger partial charge in [-0.25, -0.2) is 0 Å². The third-order valence-electron chi connectivity index (χ3n) is 0.618. The van der Waals surface area contributed by atoms with E-state index < -0.39 is 11.8 Å². The summed E-state index contributed by atoms with van der Waals surface area (Å²) in [4.78, 5) is 19.8. The molecule has 0 aromatic carbocycles. The summed E-state index contributed by atoms with van der Waals surface area (Å²) in [5.74, 6) is -0.993. The largest absolute Gasteiger partial charge is 1.00 e. The van der Waals surface area contributed by atoms with Crippen LogP contribution in [0.2, 0.25) is 0 Å². The molecule has 9 heavy (non-hydrogen) atoms. The number of primary amides is 2. The van der Waals surface area contributed by atoms with Crippen molar-refractivity contribution in [3.8, 4) is 0 Å². The van der Waals surface area contributed by atoms with Crippen LogP contribution in [0.5, 0.6) is 0 Å². The Labute approximate surface area is 66.6 Å². The van der Waals surface area contributed by atoms with Gasteiger partial charge in [-0.3, -0.25) is 9.59 Å². The molecule has 0 aliphatic rings. The molecule has 0 aliphatic carbocycles. The molecule has 0 aliphatic heterocycles. The predicted octanol–water partition coefficient (Wildman–Crippen LogP) is -4.15. The Hall–Kier alpha value is -0.463. The fourth-order valence-corrected chi connectivity index (χ4v) is 0.246. The third kappa shape index (κ3) is 11.2. The van der Waals surface area contributed by atoms with Crippen LogP contribution in [-0.4, -0.2) is 11.8 Å². The van der Waals surface area contributed by atoms with Gasteiger partial charge in [-0.05, 0) is 0 Å². The van der Waals surface area contributed by atoms with Crippen molar-refractivity contribution < 1.29 is 29.9 Å². The summed E-state index contributed by atoms with van der Waals surface area (Å²) in [5.41, 5.74) is 9.39. The van der Waals surface area contributed by atoms with Crippen LogP contribution in [0.15, 0.2) is 0 Å². The molecule has 0 rings (SSSR count). The molecule has 0 heterocycles. The zero-order valence-electron chi connectivity index (χ0n) is 6.39. The molecular weight excluding hydrogens is 115 g/mol. The Kier molecular flexibility index (Phi) is 7.15. The summed E-state index contributed by atoms with van der Waals surface area (Å²) in [7, 11) is 0. The molecule has 0 spiro atoms. The van der Waals surface area contributed by atoms with Crippen molar-refractivity contribution in [2.45, 2.75) is 12.8 Å². The average Bonchev–Trinajstić information content (AvgIpc) is 1.61. The normalized spacial score (nSPS) is 7.56. The van der Waals surface area contributed by atoms with Gasteiger partial charge in [0.2, 0.25) is 11.8 Å². The maximum absolute atomic E-state index is 9.92. The fourth-order valence-electron chi connectivity index (χ4n) is 0.246. The van der Waals surface area contributed by atoms with Gasteiger partial charge in [0, 0.05) is 12.8 Å². The minimum atomic E-state index is -0.496. The van der Waals surface area contributed by atoms with Crippen LogP contribution in [0.25, 0.3) is 0 Å². The number of carbonyl (C=O) groups is 2. The van der Waals surface area contributed by atoms with Crippen molar-refractivity contribution in [2.24, 2.45) is 11.5 Å². The van der Waals surface area contributed by atoms with E-state index in [9.17, 15) is 9.59 Å². The van der Waals surface area contributed by atoms with Crippen LogP contribution in [0.3, 0.4) is 0 Å². The first-order valence-corrected chi connectivity index (χ1v) is 2.19. The van der Waals surface area contributed by atoms with Gasteiger partial charge in [-0.1, -0.05) is 0 Å². The Morgan fingerprint density at radius 1 is 1.11 bits per heavy atom. The first-order valence-electron chi connectivity index (χ1n) is 2.19. The fraction of sp³-hybridized carbons (Fsp3) is 0.500. The van der Waals surface area contributed by atoms with E-state index in [1.54, 1.807) is 0 Å². The molecule has 0 atom stereocenters. The summed E-state index contributed by atoms with van der Waals surface area (Å²) in [6, 6.07) is 0. The second-order valence-electron chi connectivity index (χ2n) is 1.43. The molecule has 0 radical (unpaired) electrons. The number of carbonyl (C=O) groups excluding carboxylic acids is 2. The Bertz CT molecular complexity index is 106. The Balaban J connectivity index is -0.000000245. The summed E-state index contributed by atoms with van der Waals surface area (Å²) < 4.78 is 0. The SMILES string of the molecule is NC(=O)CCC(N)=O.[H-].[Li+]. The van der Waals surface area contributed by atoms with Gasteiger partial charge in [0.25, 0.3) is 0 Å². The molecule has 2 amide bonds. The van der Waals surface area contributed by atoms with Gasteiger partial charge in [0.1, 0.15) is 0 Å². The quantitative estimate of drug-likeness (QED) is 0.374. The first kappa shape index (κ1) is 11.3.